The number of hydrogen-bond donors (Lipinski definition) is 0. The first kappa shape index (κ1) is 17.3. The van der Waals surface area contributed by atoms with Crippen LogP contribution < -0.4 is 0 Å². The van der Waals surface area contributed by atoms with Gasteiger partial charge in [-0.05, 0) is 79.4 Å². The Kier molecular flexibility index (Phi) is 4.43. The fourth-order valence-electron chi connectivity index (χ4n) is 6.24. The van der Waals surface area contributed by atoms with Crippen LogP contribution in [0.4, 0.5) is 0 Å². The molecular formula is C21H26BrN3S. The van der Waals surface area contributed by atoms with Crippen LogP contribution in [0.1, 0.15) is 49.9 Å². The highest BCUT2D eigenvalue weighted by molar-refractivity contribution is 9.10. The number of rotatable bonds is 5. The van der Waals surface area contributed by atoms with Crippen LogP contribution in [0.5, 0.6) is 0 Å². The topological polar surface area (TPSA) is 30.7 Å². The predicted octanol–water partition coefficient (Wildman–Crippen LogP) is 5.63. The summed E-state index contributed by atoms with van der Waals surface area (Å²) in [6.45, 7) is 0. The van der Waals surface area contributed by atoms with Crippen LogP contribution in [-0.4, -0.2) is 14.8 Å². The molecule has 4 aliphatic rings. The highest BCUT2D eigenvalue weighted by Crippen LogP contribution is 2.60. The molecule has 0 saturated heterocycles. The van der Waals surface area contributed by atoms with Gasteiger partial charge in [-0.3, -0.25) is 0 Å². The molecule has 0 atom stereocenters. The first-order chi connectivity index (χ1) is 12.6. The average Bonchev–Trinajstić information content (AvgIpc) is 2.91. The lowest BCUT2D eigenvalue weighted by molar-refractivity contribution is -0.0535. The molecule has 2 aromatic rings. The van der Waals surface area contributed by atoms with E-state index in [1.54, 1.807) is 11.8 Å². The lowest BCUT2D eigenvalue weighted by Gasteiger charge is -2.56. The summed E-state index contributed by atoms with van der Waals surface area (Å²) in [5, 5.41) is 10.2. The van der Waals surface area contributed by atoms with Gasteiger partial charge in [0.25, 0.3) is 0 Å². The SMILES string of the molecule is Cn1c(CC23CC4CC(CC(C4)C2)C3)nnc1SCc1cccc(Br)c1. The van der Waals surface area contributed by atoms with Gasteiger partial charge in [0.2, 0.25) is 0 Å². The third kappa shape index (κ3) is 3.26. The zero-order valence-corrected chi connectivity index (χ0v) is 17.7. The van der Waals surface area contributed by atoms with Gasteiger partial charge < -0.3 is 4.57 Å². The molecule has 0 spiro atoms. The van der Waals surface area contributed by atoms with Crippen molar-refractivity contribution < 1.29 is 0 Å². The molecular weight excluding hydrogens is 406 g/mol. The van der Waals surface area contributed by atoms with Gasteiger partial charge in [0.1, 0.15) is 5.82 Å². The molecule has 4 aliphatic carbocycles. The summed E-state index contributed by atoms with van der Waals surface area (Å²) in [7, 11) is 2.15. The molecule has 4 saturated carbocycles. The van der Waals surface area contributed by atoms with Crippen molar-refractivity contribution in [3.63, 3.8) is 0 Å². The summed E-state index contributed by atoms with van der Waals surface area (Å²) in [5.74, 6) is 5.13. The molecule has 138 valence electrons. The summed E-state index contributed by atoms with van der Waals surface area (Å²) in [6, 6.07) is 8.51. The lowest BCUT2D eigenvalue weighted by atomic mass is 9.49. The van der Waals surface area contributed by atoms with Crippen LogP contribution in [0, 0.1) is 23.2 Å². The maximum atomic E-state index is 4.60. The molecule has 0 N–H and O–H groups in total. The fourth-order valence-corrected chi connectivity index (χ4v) is 7.56. The van der Waals surface area contributed by atoms with Gasteiger partial charge in [-0.1, -0.05) is 39.8 Å². The van der Waals surface area contributed by atoms with Crippen LogP contribution in [0.25, 0.3) is 0 Å². The number of hydrogen-bond acceptors (Lipinski definition) is 3. The van der Waals surface area contributed by atoms with E-state index in [2.05, 4.69) is 62.0 Å². The Morgan fingerprint density at radius 1 is 1.12 bits per heavy atom. The standard InChI is InChI=1S/C21H26BrN3S/c1-25-19(12-21-9-15-5-16(10-21)7-17(6-15)11-21)23-24-20(25)26-13-14-3-2-4-18(22)8-14/h2-4,8,15-17H,5-7,9-13H2,1H3. The largest absolute Gasteiger partial charge is 0.309 e. The van der Waals surface area contributed by atoms with E-state index in [0.29, 0.717) is 5.41 Å². The molecule has 0 amide bonds. The summed E-state index contributed by atoms with van der Waals surface area (Å²) in [5.41, 5.74) is 1.84. The Balaban J connectivity index is 1.29. The zero-order chi connectivity index (χ0) is 17.7. The van der Waals surface area contributed by atoms with E-state index < -0.39 is 0 Å². The predicted molar refractivity (Wildman–Crippen MR) is 109 cm³/mol. The van der Waals surface area contributed by atoms with Gasteiger partial charge in [0.15, 0.2) is 5.16 Å². The van der Waals surface area contributed by atoms with Crippen LogP contribution in [0.15, 0.2) is 33.9 Å². The third-order valence-electron chi connectivity index (χ3n) is 6.88. The van der Waals surface area contributed by atoms with Gasteiger partial charge in [0.05, 0.1) is 0 Å². The van der Waals surface area contributed by atoms with E-state index in [1.807, 2.05) is 0 Å². The first-order valence-corrected chi connectivity index (χ1v) is 11.6. The molecule has 6 rings (SSSR count). The third-order valence-corrected chi connectivity index (χ3v) is 8.46. The van der Waals surface area contributed by atoms with E-state index in [1.165, 1.54) is 49.9 Å². The summed E-state index contributed by atoms with van der Waals surface area (Å²) in [4.78, 5) is 0. The Hall–Kier alpha value is -0.810. The van der Waals surface area contributed by atoms with E-state index >= 15 is 0 Å². The molecule has 26 heavy (non-hydrogen) atoms. The average molecular weight is 432 g/mol. The van der Waals surface area contributed by atoms with Crippen LogP contribution in [0.2, 0.25) is 0 Å². The zero-order valence-electron chi connectivity index (χ0n) is 15.3. The van der Waals surface area contributed by atoms with Crippen molar-refractivity contribution in [1.82, 2.24) is 14.8 Å². The minimum absolute atomic E-state index is 0.530. The van der Waals surface area contributed by atoms with Crippen molar-refractivity contribution >= 4 is 27.7 Å². The number of aromatic nitrogens is 3. The van der Waals surface area contributed by atoms with Gasteiger partial charge in [-0.2, -0.15) is 0 Å². The smallest absolute Gasteiger partial charge is 0.191 e. The molecule has 1 aromatic carbocycles. The van der Waals surface area contributed by atoms with Crippen LogP contribution >= 0.6 is 27.7 Å². The van der Waals surface area contributed by atoms with E-state index in [4.69, 9.17) is 0 Å². The molecule has 4 bridgehead atoms. The van der Waals surface area contributed by atoms with Gasteiger partial charge in [-0.25, -0.2) is 0 Å². The summed E-state index contributed by atoms with van der Waals surface area (Å²) < 4.78 is 3.39. The van der Waals surface area contributed by atoms with Crippen molar-refractivity contribution in [3.05, 3.63) is 40.1 Å². The molecule has 0 unspecified atom stereocenters. The highest BCUT2D eigenvalue weighted by Gasteiger charge is 2.51. The molecule has 0 radical (unpaired) electrons. The van der Waals surface area contributed by atoms with Crippen LogP contribution in [-0.2, 0) is 19.2 Å². The Bertz CT molecular complexity index is 780. The number of halogens is 1. The Morgan fingerprint density at radius 3 is 2.46 bits per heavy atom. The monoisotopic (exact) mass is 431 g/mol. The number of thioether (sulfide) groups is 1. The lowest BCUT2D eigenvalue weighted by Crippen LogP contribution is -2.47. The highest BCUT2D eigenvalue weighted by atomic mass is 79.9. The fraction of sp³-hybridized carbons (Fsp3) is 0.619. The van der Waals surface area contributed by atoms with Gasteiger partial charge >= 0.3 is 0 Å². The maximum absolute atomic E-state index is 4.60. The van der Waals surface area contributed by atoms with Gasteiger partial charge in [0, 0.05) is 23.7 Å². The van der Waals surface area contributed by atoms with E-state index in [-0.39, 0.29) is 0 Å². The van der Waals surface area contributed by atoms with Crippen molar-refractivity contribution in [2.24, 2.45) is 30.2 Å². The Labute approximate surface area is 168 Å². The molecule has 1 aromatic heterocycles. The van der Waals surface area contributed by atoms with E-state index in [9.17, 15) is 0 Å². The van der Waals surface area contributed by atoms with Crippen molar-refractivity contribution in [1.29, 1.82) is 0 Å². The maximum Gasteiger partial charge on any atom is 0.191 e. The summed E-state index contributed by atoms with van der Waals surface area (Å²) >= 11 is 5.34. The molecule has 0 aliphatic heterocycles. The molecule has 3 nitrogen and oxygen atoms in total. The second-order valence-corrected chi connectivity index (χ2v) is 10.8. The van der Waals surface area contributed by atoms with Crippen molar-refractivity contribution in [3.8, 4) is 0 Å². The van der Waals surface area contributed by atoms with Crippen molar-refractivity contribution in [2.75, 3.05) is 0 Å². The number of nitrogens with zero attached hydrogens (tertiary/aromatic N) is 3. The first-order valence-electron chi connectivity index (χ1n) is 9.84. The quantitative estimate of drug-likeness (QED) is 0.574. The molecule has 5 heteroatoms. The van der Waals surface area contributed by atoms with Gasteiger partial charge in [-0.15, -0.1) is 10.2 Å². The second-order valence-electron chi connectivity index (χ2n) is 8.97. The number of benzene rings is 1. The minimum atomic E-state index is 0.530. The molecule has 4 fully saturated rings. The minimum Gasteiger partial charge on any atom is -0.309 e. The van der Waals surface area contributed by atoms with Crippen molar-refractivity contribution in [2.45, 2.75) is 55.9 Å². The summed E-state index contributed by atoms with van der Waals surface area (Å²) in [6.07, 6.45) is 9.96. The van der Waals surface area contributed by atoms with Crippen LogP contribution in [0.3, 0.4) is 0 Å². The van der Waals surface area contributed by atoms with E-state index in [0.717, 1.165) is 39.6 Å². The Morgan fingerprint density at radius 2 is 1.81 bits per heavy atom. The normalized spacial score (nSPS) is 32.3. The second kappa shape index (κ2) is 6.66. The molecule has 1 heterocycles.